The lowest BCUT2D eigenvalue weighted by molar-refractivity contribution is 0.482. The van der Waals surface area contributed by atoms with Gasteiger partial charge in [0.1, 0.15) is 11.5 Å². The van der Waals surface area contributed by atoms with Gasteiger partial charge in [0, 0.05) is 0 Å². The van der Waals surface area contributed by atoms with Crippen LogP contribution >= 0.6 is 11.6 Å². The summed E-state index contributed by atoms with van der Waals surface area (Å²) >= 11 is 6.13. The fourth-order valence-corrected chi connectivity index (χ4v) is 2.14. The van der Waals surface area contributed by atoms with Crippen molar-refractivity contribution in [3.05, 3.63) is 58.1 Å². The Labute approximate surface area is 119 Å². The molecular formula is C16H18ClNO. The molecule has 2 aromatic carbocycles. The number of aryl methyl sites for hydroxylation is 2. The molecule has 0 aromatic heterocycles. The predicted molar refractivity (Wildman–Crippen MR) is 80.2 cm³/mol. The van der Waals surface area contributed by atoms with Gasteiger partial charge in [-0.1, -0.05) is 23.7 Å². The Balaban J connectivity index is 2.24. The second-order valence-electron chi connectivity index (χ2n) is 4.66. The van der Waals surface area contributed by atoms with Crippen LogP contribution in [0.4, 0.5) is 0 Å². The first-order valence-electron chi connectivity index (χ1n) is 6.34. The fourth-order valence-electron chi connectivity index (χ4n) is 1.98. The molecular weight excluding hydrogens is 258 g/mol. The molecule has 2 rings (SSSR count). The quantitative estimate of drug-likeness (QED) is 0.905. The smallest absolute Gasteiger partial charge is 0.146 e. The first-order valence-corrected chi connectivity index (χ1v) is 6.71. The first kappa shape index (κ1) is 13.9. The minimum Gasteiger partial charge on any atom is -0.456 e. The lowest BCUT2D eigenvalue weighted by atomic mass is 10.1. The maximum absolute atomic E-state index is 6.13. The van der Waals surface area contributed by atoms with Crippen LogP contribution in [0.3, 0.4) is 0 Å². The van der Waals surface area contributed by atoms with Gasteiger partial charge < -0.3 is 10.5 Å². The zero-order valence-electron chi connectivity index (χ0n) is 11.2. The summed E-state index contributed by atoms with van der Waals surface area (Å²) < 4.78 is 5.84. The van der Waals surface area contributed by atoms with Crippen LogP contribution in [0.5, 0.6) is 11.5 Å². The Morgan fingerprint density at radius 1 is 1.11 bits per heavy atom. The van der Waals surface area contributed by atoms with E-state index >= 15 is 0 Å². The van der Waals surface area contributed by atoms with Crippen molar-refractivity contribution in [1.29, 1.82) is 0 Å². The average molecular weight is 276 g/mol. The minimum atomic E-state index is 0.620. The zero-order valence-corrected chi connectivity index (χ0v) is 12.0. The lowest BCUT2D eigenvalue weighted by Gasteiger charge is -2.11. The van der Waals surface area contributed by atoms with E-state index in [1.54, 1.807) is 0 Å². The molecule has 3 heteroatoms. The maximum Gasteiger partial charge on any atom is 0.146 e. The van der Waals surface area contributed by atoms with Crippen molar-refractivity contribution in [3.63, 3.8) is 0 Å². The van der Waals surface area contributed by atoms with E-state index in [-0.39, 0.29) is 0 Å². The third-order valence-electron chi connectivity index (χ3n) is 3.04. The van der Waals surface area contributed by atoms with Crippen molar-refractivity contribution in [2.75, 3.05) is 6.54 Å². The summed E-state index contributed by atoms with van der Waals surface area (Å²) in [6.07, 6.45) is 0.886. The number of ether oxygens (including phenoxy) is 1. The fraction of sp³-hybridized carbons (Fsp3) is 0.250. The zero-order chi connectivity index (χ0) is 13.8. The highest BCUT2D eigenvalue weighted by Gasteiger charge is 2.05. The highest BCUT2D eigenvalue weighted by molar-refractivity contribution is 6.32. The summed E-state index contributed by atoms with van der Waals surface area (Å²) in [4.78, 5) is 0. The van der Waals surface area contributed by atoms with Crippen LogP contribution in [0.25, 0.3) is 0 Å². The van der Waals surface area contributed by atoms with Gasteiger partial charge in [0.15, 0.2) is 0 Å². The Kier molecular flexibility index (Phi) is 4.46. The SMILES string of the molecule is Cc1ccc(Cl)c(Oc2ccc(CCN)c(C)c2)c1. The monoisotopic (exact) mass is 275 g/mol. The normalized spacial score (nSPS) is 10.5. The number of hydrogen-bond acceptors (Lipinski definition) is 2. The molecule has 2 aromatic rings. The van der Waals surface area contributed by atoms with E-state index in [1.807, 2.05) is 37.3 Å². The molecule has 0 spiro atoms. The molecule has 0 heterocycles. The Hall–Kier alpha value is -1.51. The molecule has 100 valence electrons. The van der Waals surface area contributed by atoms with Gasteiger partial charge in [0.25, 0.3) is 0 Å². The van der Waals surface area contributed by atoms with Gasteiger partial charge in [-0.25, -0.2) is 0 Å². The van der Waals surface area contributed by atoms with E-state index in [0.717, 1.165) is 17.7 Å². The van der Waals surface area contributed by atoms with Crippen LogP contribution in [0.15, 0.2) is 36.4 Å². The van der Waals surface area contributed by atoms with E-state index in [2.05, 4.69) is 13.0 Å². The molecule has 0 fully saturated rings. The van der Waals surface area contributed by atoms with Crippen molar-refractivity contribution in [2.24, 2.45) is 5.73 Å². The van der Waals surface area contributed by atoms with E-state index in [4.69, 9.17) is 22.1 Å². The van der Waals surface area contributed by atoms with Gasteiger partial charge in [-0.3, -0.25) is 0 Å². The molecule has 0 aliphatic rings. The molecule has 0 radical (unpaired) electrons. The van der Waals surface area contributed by atoms with Crippen LogP contribution in [0.1, 0.15) is 16.7 Å². The van der Waals surface area contributed by atoms with E-state index in [1.165, 1.54) is 11.1 Å². The summed E-state index contributed by atoms with van der Waals surface area (Å²) in [5, 5.41) is 0.620. The minimum absolute atomic E-state index is 0.620. The van der Waals surface area contributed by atoms with Crippen molar-refractivity contribution >= 4 is 11.6 Å². The van der Waals surface area contributed by atoms with Gasteiger partial charge in [0.05, 0.1) is 5.02 Å². The molecule has 0 amide bonds. The molecule has 0 atom stereocenters. The number of halogens is 1. The van der Waals surface area contributed by atoms with Crippen LogP contribution < -0.4 is 10.5 Å². The standard InChI is InChI=1S/C16H18ClNO/c1-11-3-6-15(17)16(9-11)19-14-5-4-13(7-8-18)12(2)10-14/h3-6,9-10H,7-8,18H2,1-2H3. The van der Waals surface area contributed by atoms with E-state index in [9.17, 15) is 0 Å². The van der Waals surface area contributed by atoms with Gasteiger partial charge in [-0.15, -0.1) is 0 Å². The number of benzene rings is 2. The van der Waals surface area contributed by atoms with Crippen LogP contribution in [0, 0.1) is 13.8 Å². The third kappa shape index (κ3) is 3.49. The summed E-state index contributed by atoms with van der Waals surface area (Å²) in [5.41, 5.74) is 9.14. The number of nitrogens with two attached hydrogens (primary N) is 1. The van der Waals surface area contributed by atoms with Gasteiger partial charge in [-0.05, 0) is 67.8 Å². The number of hydrogen-bond donors (Lipinski definition) is 1. The van der Waals surface area contributed by atoms with E-state index in [0.29, 0.717) is 17.3 Å². The Bertz CT molecular complexity index is 581. The van der Waals surface area contributed by atoms with Crippen LogP contribution in [-0.2, 0) is 6.42 Å². The van der Waals surface area contributed by atoms with Crippen molar-refractivity contribution in [3.8, 4) is 11.5 Å². The van der Waals surface area contributed by atoms with Gasteiger partial charge in [0.2, 0.25) is 0 Å². The first-order chi connectivity index (χ1) is 9.10. The van der Waals surface area contributed by atoms with Crippen molar-refractivity contribution < 1.29 is 4.74 Å². The maximum atomic E-state index is 6.13. The summed E-state index contributed by atoms with van der Waals surface area (Å²) in [6.45, 7) is 4.74. The van der Waals surface area contributed by atoms with Crippen molar-refractivity contribution in [1.82, 2.24) is 0 Å². The summed E-state index contributed by atoms with van der Waals surface area (Å²) in [5.74, 6) is 1.48. The molecule has 0 saturated carbocycles. The topological polar surface area (TPSA) is 35.2 Å². The van der Waals surface area contributed by atoms with Crippen LogP contribution in [0.2, 0.25) is 5.02 Å². The number of rotatable bonds is 4. The average Bonchev–Trinajstić information content (AvgIpc) is 2.37. The summed E-state index contributed by atoms with van der Waals surface area (Å²) in [6, 6.07) is 11.8. The molecule has 0 aliphatic carbocycles. The molecule has 2 nitrogen and oxygen atoms in total. The largest absolute Gasteiger partial charge is 0.456 e. The Morgan fingerprint density at radius 2 is 1.89 bits per heavy atom. The molecule has 0 unspecified atom stereocenters. The highest BCUT2D eigenvalue weighted by atomic mass is 35.5. The molecule has 19 heavy (non-hydrogen) atoms. The molecule has 0 bridgehead atoms. The molecule has 0 saturated heterocycles. The Morgan fingerprint density at radius 3 is 2.58 bits per heavy atom. The second kappa shape index (κ2) is 6.09. The molecule has 0 aliphatic heterocycles. The van der Waals surface area contributed by atoms with E-state index < -0.39 is 0 Å². The lowest BCUT2D eigenvalue weighted by Crippen LogP contribution is -2.04. The molecule has 2 N–H and O–H groups in total. The van der Waals surface area contributed by atoms with Crippen molar-refractivity contribution in [2.45, 2.75) is 20.3 Å². The van der Waals surface area contributed by atoms with Crippen LogP contribution in [-0.4, -0.2) is 6.54 Å². The summed E-state index contributed by atoms with van der Waals surface area (Å²) in [7, 11) is 0. The third-order valence-corrected chi connectivity index (χ3v) is 3.35. The second-order valence-corrected chi connectivity index (χ2v) is 5.07. The highest BCUT2D eigenvalue weighted by Crippen LogP contribution is 2.31. The van der Waals surface area contributed by atoms with Gasteiger partial charge >= 0.3 is 0 Å². The van der Waals surface area contributed by atoms with Gasteiger partial charge in [-0.2, -0.15) is 0 Å². The predicted octanol–water partition coefficient (Wildman–Crippen LogP) is 4.25.